The van der Waals surface area contributed by atoms with Gasteiger partial charge in [0.05, 0.1) is 12.9 Å². The predicted molar refractivity (Wildman–Crippen MR) is 40.2 cm³/mol. The van der Waals surface area contributed by atoms with Gasteiger partial charge in [-0.2, -0.15) is 0 Å². The zero-order chi connectivity index (χ0) is 7.49. The molecule has 0 aromatic heterocycles. The Morgan fingerprint density at radius 1 is 1.33 bits per heavy atom. The molecule has 0 fully saturated rings. The maximum absolute atomic E-state index is 4.99. The Bertz CT molecular complexity index is 106. The van der Waals surface area contributed by atoms with Crippen molar-refractivity contribution in [1.29, 1.82) is 0 Å². The van der Waals surface area contributed by atoms with Crippen LogP contribution in [0.5, 0.6) is 0 Å². The first-order chi connectivity index (χ1) is 3.95. The smallest absolute Gasteiger partial charge is 0.0890 e. The maximum Gasteiger partial charge on any atom is 0.0890 e. The van der Waals surface area contributed by atoms with Gasteiger partial charge in [-0.25, -0.2) is 0 Å². The third-order valence-corrected chi connectivity index (χ3v) is 0.958. The summed E-state index contributed by atoms with van der Waals surface area (Å²) in [4.78, 5) is 0. The van der Waals surface area contributed by atoms with Crippen molar-refractivity contribution in [2.24, 2.45) is 5.41 Å². The van der Waals surface area contributed by atoms with E-state index in [1.807, 2.05) is 6.92 Å². The Hall–Kier alpha value is -0.460. The minimum atomic E-state index is 0.236. The van der Waals surface area contributed by atoms with Crippen LogP contribution in [0.25, 0.3) is 0 Å². The number of methoxy groups -OCH3 is 1. The molecular weight excluding hydrogens is 112 g/mol. The third-order valence-electron chi connectivity index (χ3n) is 0.958. The Labute approximate surface area is 57.7 Å². The van der Waals surface area contributed by atoms with Gasteiger partial charge in [-0.1, -0.05) is 20.8 Å². The molecule has 0 unspecified atom stereocenters. The van der Waals surface area contributed by atoms with Gasteiger partial charge in [0.25, 0.3) is 0 Å². The summed E-state index contributed by atoms with van der Waals surface area (Å²) in [5, 5.41) is 0. The topological polar surface area (TPSA) is 9.23 Å². The van der Waals surface area contributed by atoms with E-state index >= 15 is 0 Å². The average Bonchev–Trinajstić information content (AvgIpc) is 1.62. The van der Waals surface area contributed by atoms with Crippen molar-refractivity contribution in [2.45, 2.75) is 27.7 Å². The summed E-state index contributed by atoms with van der Waals surface area (Å²) < 4.78 is 4.99. The molecule has 0 saturated heterocycles. The van der Waals surface area contributed by atoms with Gasteiger partial charge in [0.1, 0.15) is 0 Å². The van der Waals surface area contributed by atoms with Crippen molar-refractivity contribution < 1.29 is 4.74 Å². The van der Waals surface area contributed by atoms with Gasteiger partial charge in [-0.05, 0) is 18.4 Å². The van der Waals surface area contributed by atoms with Crippen molar-refractivity contribution in [3.05, 3.63) is 11.8 Å². The SMILES string of the molecule is CO/C(C)=C\C(C)(C)C. The molecule has 0 aromatic carbocycles. The molecule has 0 rings (SSSR count). The highest BCUT2D eigenvalue weighted by molar-refractivity contribution is 4.96. The fourth-order valence-corrected chi connectivity index (χ4v) is 0.669. The maximum atomic E-state index is 4.99. The van der Waals surface area contributed by atoms with E-state index < -0.39 is 0 Å². The molecule has 0 aliphatic carbocycles. The van der Waals surface area contributed by atoms with Crippen molar-refractivity contribution in [2.75, 3.05) is 7.11 Å². The van der Waals surface area contributed by atoms with Crippen LogP contribution in [0.3, 0.4) is 0 Å². The molecule has 0 aromatic rings. The lowest BCUT2D eigenvalue weighted by Gasteiger charge is -2.12. The lowest BCUT2D eigenvalue weighted by Crippen LogP contribution is -2.00. The third kappa shape index (κ3) is 5.41. The van der Waals surface area contributed by atoms with Crippen LogP contribution in [0.2, 0.25) is 0 Å². The first-order valence-corrected chi connectivity index (χ1v) is 3.19. The molecule has 1 heteroatoms. The normalized spacial score (nSPS) is 13.7. The molecule has 0 amide bonds. The molecule has 1 nitrogen and oxygen atoms in total. The summed E-state index contributed by atoms with van der Waals surface area (Å²) in [5.74, 6) is 0.988. The first-order valence-electron chi connectivity index (χ1n) is 3.19. The monoisotopic (exact) mass is 128 g/mol. The van der Waals surface area contributed by atoms with Crippen LogP contribution in [0.4, 0.5) is 0 Å². The van der Waals surface area contributed by atoms with Crippen molar-refractivity contribution in [3.63, 3.8) is 0 Å². The quantitative estimate of drug-likeness (QED) is 0.493. The lowest BCUT2D eigenvalue weighted by molar-refractivity contribution is 0.285. The molecule has 0 atom stereocenters. The molecule has 0 aliphatic rings. The second-order valence-corrected chi connectivity index (χ2v) is 3.33. The van der Waals surface area contributed by atoms with Crippen molar-refractivity contribution >= 4 is 0 Å². The first kappa shape index (κ1) is 8.54. The Morgan fingerprint density at radius 3 is 1.89 bits per heavy atom. The fourth-order valence-electron chi connectivity index (χ4n) is 0.669. The van der Waals surface area contributed by atoms with E-state index in [0.717, 1.165) is 5.76 Å². The molecule has 9 heavy (non-hydrogen) atoms. The second-order valence-electron chi connectivity index (χ2n) is 3.33. The Balaban J connectivity index is 3.95. The summed E-state index contributed by atoms with van der Waals surface area (Å²) in [6.45, 7) is 8.41. The van der Waals surface area contributed by atoms with Gasteiger partial charge in [-0.3, -0.25) is 0 Å². The summed E-state index contributed by atoms with van der Waals surface area (Å²) in [6.07, 6.45) is 2.10. The minimum Gasteiger partial charge on any atom is -0.502 e. The van der Waals surface area contributed by atoms with Crippen LogP contribution in [-0.2, 0) is 4.74 Å². The Kier molecular flexibility index (Phi) is 2.75. The molecule has 0 N–H and O–H groups in total. The van der Waals surface area contributed by atoms with Gasteiger partial charge in [0, 0.05) is 0 Å². The van der Waals surface area contributed by atoms with Gasteiger partial charge >= 0.3 is 0 Å². The molecule has 0 aliphatic heterocycles. The van der Waals surface area contributed by atoms with E-state index in [9.17, 15) is 0 Å². The summed E-state index contributed by atoms with van der Waals surface area (Å²) in [7, 11) is 1.69. The number of hydrogen-bond acceptors (Lipinski definition) is 1. The zero-order valence-corrected chi connectivity index (χ0v) is 6.99. The van der Waals surface area contributed by atoms with Gasteiger partial charge in [-0.15, -0.1) is 0 Å². The summed E-state index contributed by atoms with van der Waals surface area (Å²) in [6, 6.07) is 0. The Morgan fingerprint density at radius 2 is 1.78 bits per heavy atom. The largest absolute Gasteiger partial charge is 0.502 e. The highest BCUT2D eigenvalue weighted by Crippen LogP contribution is 2.17. The van der Waals surface area contributed by atoms with Crippen LogP contribution in [0.1, 0.15) is 27.7 Å². The van der Waals surface area contributed by atoms with Crippen LogP contribution < -0.4 is 0 Å². The van der Waals surface area contributed by atoms with Crippen molar-refractivity contribution in [3.8, 4) is 0 Å². The molecule has 0 spiro atoms. The van der Waals surface area contributed by atoms with Gasteiger partial charge < -0.3 is 4.74 Å². The highest BCUT2D eigenvalue weighted by Gasteiger charge is 2.05. The van der Waals surface area contributed by atoms with E-state index in [1.165, 1.54) is 0 Å². The van der Waals surface area contributed by atoms with Crippen LogP contribution >= 0.6 is 0 Å². The minimum absolute atomic E-state index is 0.236. The molecular formula is C8H16O. The number of ether oxygens (including phenoxy) is 1. The molecule has 0 bridgehead atoms. The van der Waals surface area contributed by atoms with E-state index in [1.54, 1.807) is 7.11 Å². The number of allylic oxidation sites excluding steroid dienone is 2. The van der Waals surface area contributed by atoms with Gasteiger partial charge in [0.2, 0.25) is 0 Å². The predicted octanol–water partition coefficient (Wildman–Crippen LogP) is 2.58. The lowest BCUT2D eigenvalue weighted by atomic mass is 9.96. The van der Waals surface area contributed by atoms with Crippen LogP contribution in [-0.4, -0.2) is 7.11 Å². The van der Waals surface area contributed by atoms with E-state index in [0.29, 0.717) is 0 Å². The molecule has 0 radical (unpaired) electrons. The summed E-state index contributed by atoms with van der Waals surface area (Å²) >= 11 is 0. The van der Waals surface area contributed by atoms with Crippen LogP contribution in [0.15, 0.2) is 11.8 Å². The summed E-state index contributed by atoms with van der Waals surface area (Å²) in [5.41, 5.74) is 0.236. The van der Waals surface area contributed by atoms with Crippen molar-refractivity contribution in [1.82, 2.24) is 0 Å². The standard InChI is InChI=1S/C8H16O/c1-7(9-5)6-8(2,3)4/h6H,1-5H3/b7-6-. The number of rotatable bonds is 1. The molecule has 0 saturated carbocycles. The van der Waals surface area contributed by atoms with Crippen LogP contribution in [0, 0.1) is 5.41 Å². The van der Waals surface area contributed by atoms with E-state index in [-0.39, 0.29) is 5.41 Å². The van der Waals surface area contributed by atoms with E-state index in [2.05, 4.69) is 26.8 Å². The zero-order valence-electron chi connectivity index (χ0n) is 6.99. The second kappa shape index (κ2) is 2.90. The molecule has 0 heterocycles. The fraction of sp³-hybridized carbons (Fsp3) is 0.750. The number of hydrogen-bond donors (Lipinski definition) is 0. The highest BCUT2D eigenvalue weighted by atomic mass is 16.5. The van der Waals surface area contributed by atoms with Gasteiger partial charge in [0.15, 0.2) is 0 Å². The van der Waals surface area contributed by atoms with E-state index in [4.69, 9.17) is 4.74 Å². The average molecular weight is 128 g/mol. The molecule has 54 valence electrons.